The van der Waals surface area contributed by atoms with Crippen molar-refractivity contribution in [2.24, 2.45) is 0 Å². The normalized spacial score (nSPS) is 13.2. The van der Waals surface area contributed by atoms with Gasteiger partial charge >= 0.3 is 0 Å². The summed E-state index contributed by atoms with van der Waals surface area (Å²) in [6.45, 7) is 0. The first-order valence-corrected chi connectivity index (χ1v) is 19.7. The number of benzene rings is 9. The molecule has 3 aliphatic rings. The molecule has 1 aliphatic heterocycles. The van der Waals surface area contributed by atoms with Crippen LogP contribution in [0.2, 0.25) is 0 Å². The molecule has 2 heteroatoms. The quantitative estimate of drug-likeness (QED) is 0.180. The van der Waals surface area contributed by atoms with Crippen LogP contribution in [0.25, 0.3) is 55.6 Å². The van der Waals surface area contributed by atoms with Crippen LogP contribution in [-0.4, -0.2) is 0 Å². The number of nitrogens with zero attached hydrogens (tertiary/aromatic N) is 1. The second-order valence-electron chi connectivity index (χ2n) is 15.1. The molecule has 0 saturated carbocycles. The highest BCUT2D eigenvalue weighted by molar-refractivity contribution is 5.99. The fourth-order valence-electron chi connectivity index (χ4n) is 10.0. The maximum Gasteiger partial charge on any atom is 0.159 e. The Morgan fingerprint density at radius 2 is 0.737 bits per heavy atom. The van der Waals surface area contributed by atoms with Gasteiger partial charge in [0.15, 0.2) is 5.75 Å². The number of hydrogen-bond donors (Lipinski definition) is 0. The Balaban J connectivity index is 1.19. The summed E-state index contributed by atoms with van der Waals surface area (Å²) < 4.78 is 7.11. The van der Waals surface area contributed by atoms with E-state index in [1.807, 2.05) is 0 Å². The summed E-state index contributed by atoms with van der Waals surface area (Å²) in [5, 5.41) is 0. The fraction of sp³-hybridized carbons (Fsp3) is 0.0182. The summed E-state index contributed by atoms with van der Waals surface area (Å²) >= 11 is 0. The highest BCUT2D eigenvalue weighted by atomic mass is 16.5. The summed E-state index contributed by atoms with van der Waals surface area (Å²) in [4.78, 5) is 2.39. The van der Waals surface area contributed by atoms with Crippen LogP contribution in [0.1, 0.15) is 22.3 Å². The molecule has 0 aromatic heterocycles. The van der Waals surface area contributed by atoms with Crippen LogP contribution in [0.4, 0.5) is 17.1 Å². The molecule has 0 amide bonds. The average molecular weight is 726 g/mol. The van der Waals surface area contributed by atoms with Crippen LogP contribution in [0.5, 0.6) is 11.5 Å². The molecule has 57 heavy (non-hydrogen) atoms. The maximum atomic E-state index is 7.11. The predicted molar refractivity (Wildman–Crippen MR) is 234 cm³/mol. The molecule has 0 atom stereocenters. The Morgan fingerprint density at radius 1 is 0.298 bits per heavy atom. The van der Waals surface area contributed by atoms with Gasteiger partial charge in [-0.15, -0.1) is 0 Å². The van der Waals surface area contributed by atoms with E-state index in [0.29, 0.717) is 0 Å². The maximum absolute atomic E-state index is 7.11. The molecule has 2 nitrogen and oxygen atoms in total. The zero-order valence-corrected chi connectivity index (χ0v) is 31.1. The van der Waals surface area contributed by atoms with Crippen molar-refractivity contribution in [3.63, 3.8) is 0 Å². The van der Waals surface area contributed by atoms with E-state index in [4.69, 9.17) is 4.74 Å². The van der Waals surface area contributed by atoms with Crippen molar-refractivity contribution in [1.82, 2.24) is 0 Å². The number of fused-ring (bicyclic) bond motifs is 17. The van der Waals surface area contributed by atoms with Crippen molar-refractivity contribution in [2.45, 2.75) is 5.41 Å². The zero-order valence-electron chi connectivity index (χ0n) is 31.1. The summed E-state index contributed by atoms with van der Waals surface area (Å²) in [6, 6.07) is 77.6. The Bertz CT molecular complexity index is 3020. The Labute approximate surface area is 332 Å². The van der Waals surface area contributed by atoms with Gasteiger partial charge in [-0.2, -0.15) is 0 Å². The third kappa shape index (κ3) is 4.47. The van der Waals surface area contributed by atoms with Gasteiger partial charge in [-0.25, -0.2) is 0 Å². The van der Waals surface area contributed by atoms with E-state index in [2.05, 4.69) is 217 Å². The molecular formula is C55H35NO. The Morgan fingerprint density at radius 3 is 1.35 bits per heavy atom. The lowest BCUT2D eigenvalue weighted by molar-refractivity contribution is 0.489. The minimum Gasteiger partial charge on any atom is -0.454 e. The summed E-state index contributed by atoms with van der Waals surface area (Å²) in [7, 11) is 0. The molecule has 0 fully saturated rings. The summed E-state index contributed by atoms with van der Waals surface area (Å²) in [5.74, 6) is 1.67. The molecule has 1 heterocycles. The monoisotopic (exact) mass is 725 g/mol. The minimum absolute atomic E-state index is 0.585. The van der Waals surface area contributed by atoms with Crippen molar-refractivity contribution in [3.8, 4) is 67.1 Å². The fourth-order valence-corrected chi connectivity index (χ4v) is 10.0. The molecule has 0 unspecified atom stereocenters. The van der Waals surface area contributed by atoms with Crippen LogP contribution in [0.15, 0.2) is 212 Å². The Hall–Kier alpha value is -7.42. The van der Waals surface area contributed by atoms with Gasteiger partial charge in [0.05, 0.1) is 11.1 Å². The van der Waals surface area contributed by atoms with E-state index in [9.17, 15) is 0 Å². The van der Waals surface area contributed by atoms with Crippen molar-refractivity contribution < 1.29 is 4.74 Å². The molecule has 12 rings (SSSR count). The number of anilines is 3. The summed E-state index contributed by atoms with van der Waals surface area (Å²) in [6.07, 6.45) is 0. The van der Waals surface area contributed by atoms with Crippen molar-refractivity contribution in [1.29, 1.82) is 0 Å². The van der Waals surface area contributed by atoms with E-state index >= 15 is 0 Å². The molecule has 9 aromatic rings. The van der Waals surface area contributed by atoms with Crippen molar-refractivity contribution >= 4 is 17.1 Å². The lowest BCUT2D eigenvalue weighted by atomic mass is 9.66. The second-order valence-corrected chi connectivity index (χ2v) is 15.1. The van der Waals surface area contributed by atoms with E-state index < -0.39 is 5.41 Å². The molecule has 0 radical (unpaired) electrons. The molecule has 1 spiro atoms. The van der Waals surface area contributed by atoms with E-state index in [1.54, 1.807) is 0 Å². The largest absolute Gasteiger partial charge is 0.454 e. The van der Waals surface area contributed by atoms with Gasteiger partial charge in [0.2, 0.25) is 0 Å². The third-order valence-corrected chi connectivity index (χ3v) is 12.3. The van der Waals surface area contributed by atoms with Crippen LogP contribution in [0, 0.1) is 0 Å². The van der Waals surface area contributed by atoms with Crippen LogP contribution in [0.3, 0.4) is 0 Å². The second kappa shape index (κ2) is 12.3. The molecule has 9 aromatic carbocycles. The molecule has 0 bridgehead atoms. The number of ether oxygens (including phenoxy) is 1. The molecule has 2 aliphatic carbocycles. The smallest absolute Gasteiger partial charge is 0.159 e. The SMILES string of the molecule is c1ccc(N(c2ccc3c(c2)C2(c4ccccc4-c4ccccc4-3)c3ccccc3-c3ccccc32)c2cccc3c2Oc2ccccc2-c2ccccc2-3)cc1. The van der Waals surface area contributed by atoms with Gasteiger partial charge in [-0.05, 0) is 103 Å². The van der Waals surface area contributed by atoms with Gasteiger partial charge in [0.1, 0.15) is 5.75 Å². The van der Waals surface area contributed by atoms with Crippen LogP contribution >= 0.6 is 0 Å². The molecule has 0 saturated heterocycles. The average Bonchev–Trinajstić information content (AvgIpc) is 3.42. The first-order chi connectivity index (χ1) is 28.3. The topological polar surface area (TPSA) is 12.5 Å². The van der Waals surface area contributed by atoms with E-state index in [0.717, 1.165) is 50.8 Å². The van der Waals surface area contributed by atoms with Gasteiger partial charge in [-0.3, -0.25) is 0 Å². The minimum atomic E-state index is -0.585. The standard InChI is InChI=1S/C55H35NO/c1-2-17-36(18-3-1)56(52-31-16-27-47-41-22-7-6-21-40(41)46-26-11-15-32-53(46)57-54(47)52)37-33-34-45-39-20-5-4-19-38(39)42-23-8-12-28-48(42)55(51(45)35-37)49-29-13-9-24-43(49)44-25-10-14-30-50(44)55/h1-35H. The van der Waals surface area contributed by atoms with E-state index in [-0.39, 0.29) is 0 Å². The molecular weight excluding hydrogens is 691 g/mol. The number of hydrogen-bond acceptors (Lipinski definition) is 2. The number of rotatable bonds is 3. The van der Waals surface area contributed by atoms with Gasteiger partial charge < -0.3 is 9.64 Å². The van der Waals surface area contributed by atoms with Gasteiger partial charge in [0.25, 0.3) is 0 Å². The lowest BCUT2D eigenvalue weighted by Crippen LogP contribution is -2.29. The van der Waals surface area contributed by atoms with Crippen molar-refractivity contribution in [3.05, 3.63) is 235 Å². The lowest BCUT2D eigenvalue weighted by Gasteiger charge is -2.36. The van der Waals surface area contributed by atoms with E-state index in [1.165, 1.54) is 55.6 Å². The van der Waals surface area contributed by atoms with Gasteiger partial charge in [-0.1, -0.05) is 176 Å². The van der Waals surface area contributed by atoms with Gasteiger partial charge in [0, 0.05) is 22.5 Å². The van der Waals surface area contributed by atoms with Crippen LogP contribution in [-0.2, 0) is 5.41 Å². The first-order valence-electron chi connectivity index (χ1n) is 19.7. The zero-order chi connectivity index (χ0) is 37.5. The first kappa shape index (κ1) is 31.9. The molecule has 266 valence electrons. The Kier molecular flexibility index (Phi) is 6.88. The van der Waals surface area contributed by atoms with Crippen LogP contribution < -0.4 is 9.64 Å². The highest BCUT2D eigenvalue weighted by Crippen LogP contribution is 2.62. The van der Waals surface area contributed by atoms with Crippen molar-refractivity contribution in [2.75, 3.05) is 4.90 Å². The third-order valence-electron chi connectivity index (χ3n) is 12.3. The highest BCUT2D eigenvalue weighted by Gasteiger charge is 2.49. The molecule has 0 N–H and O–H groups in total. The summed E-state index contributed by atoms with van der Waals surface area (Å²) in [5.41, 5.74) is 19.7. The number of para-hydroxylation sites is 3. The predicted octanol–water partition coefficient (Wildman–Crippen LogP) is 14.6.